The number of pyridine rings is 1. The molecule has 0 radical (unpaired) electrons. The van der Waals surface area contributed by atoms with Crippen molar-refractivity contribution in [3.8, 4) is 0 Å². The van der Waals surface area contributed by atoms with Crippen LogP contribution in [0.4, 0.5) is 5.82 Å². The molecule has 0 aliphatic heterocycles. The second-order valence-corrected chi connectivity index (χ2v) is 4.79. The van der Waals surface area contributed by atoms with E-state index in [-0.39, 0.29) is 5.91 Å². The van der Waals surface area contributed by atoms with Gasteiger partial charge in [0.2, 0.25) is 0 Å². The first-order valence-electron chi connectivity index (χ1n) is 6.51. The quantitative estimate of drug-likeness (QED) is 0.817. The zero-order chi connectivity index (χ0) is 14.3. The summed E-state index contributed by atoms with van der Waals surface area (Å²) in [5.74, 6) is 1.01. The molecule has 1 heterocycles. The maximum absolute atomic E-state index is 12.6. The minimum absolute atomic E-state index is 0.0109. The largest absolute Gasteiger partial charge is 0.383 e. The molecule has 0 fully saturated rings. The number of carbonyl (C=O) groups excluding carboxylic acids is 1. The van der Waals surface area contributed by atoms with E-state index in [9.17, 15) is 4.79 Å². The van der Waals surface area contributed by atoms with E-state index in [0.717, 1.165) is 0 Å². The van der Waals surface area contributed by atoms with Crippen LogP contribution in [0.25, 0.3) is 0 Å². The van der Waals surface area contributed by atoms with Gasteiger partial charge in [0.15, 0.2) is 0 Å². The number of amides is 1. The van der Waals surface area contributed by atoms with Gasteiger partial charge in [-0.15, -0.1) is 0 Å². The Morgan fingerprint density at radius 2 is 2.26 bits per heavy atom. The minimum Gasteiger partial charge on any atom is -0.383 e. The molecule has 5 heteroatoms. The highest BCUT2D eigenvalue weighted by Gasteiger charge is 2.19. The summed E-state index contributed by atoms with van der Waals surface area (Å²) in [5, 5.41) is 2.95. The van der Waals surface area contributed by atoms with Crippen LogP contribution in [0, 0.1) is 5.92 Å². The first-order valence-corrected chi connectivity index (χ1v) is 6.51. The second-order valence-electron chi connectivity index (χ2n) is 4.79. The van der Waals surface area contributed by atoms with E-state index < -0.39 is 0 Å². The first kappa shape index (κ1) is 15.4. The van der Waals surface area contributed by atoms with Crippen LogP contribution in [0.2, 0.25) is 0 Å². The van der Waals surface area contributed by atoms with Crippen LogP contribution >= 0.6 is 0 Å². The molecule has 106 valence electrons. The maximum atomic E-state index is 12.6. The Labute approximate surface area is 115 Å². The molecular weight excluding hydrogens is 242 g/mol. The van der Waals surface area contributed by atoms with E-state index in [1.54, 1.807) is 32.5 Å². The Kier molecular flexibility index (Phi) is 6.29. The van der Waals surface area contributed by atoms with Crippen LogP contribution in [-0.4, -0.2) is 49.6 Å². The lowest BCUT2D eigenvalue weighted by atomic mass is 10.1. The van der Waals surface area contributed by atoms with E-state index >= 15 is 0 Å². The minimum atomic E-state index is -0.0109. The molecule has 1 N–H and O–H groups in total. The lowest BCUT2D eigenvalue weighted by Gasteiger charge is -2.25. The summed E-state index contributed by atoms with van der Waals surface area (Å²) < 4.78 is 5.07. The Morgan fingerprint density at radius 3 is 2.84 bits per heavy atom. The average molecular weight is 265 g/mol. The molecule has 1 aromatic rings. The summed E-state index contributed by atoms with van der Waals surface area (Å²) in [6.45, 7) is 6.02. The third kappa shape index (κ3) is 4.52. The highest BCUT2D eigenvalue weighted by atomic mass is 16.5. The van der Waals surface area contributed by atoms with Gasteiger partial charge >= 0.3 is 0 Å². The lowest BCUT2D eigenvalue weighted by molar-refractivity contribution is 0.0673. The molecule has 0 atom stereocenters. The average Bonchev–Trinajstić information content (AvgIpc) is 2.42. The summed E-state index contributed by atoms with van der Waals surface area (Å²) >= 11 is 0. The van der Waals surface area contributed by atoms with Gasteiger partial charge < -0.3 is 15.0 Å². The van der Waals surface area contributed by atoms with E-state index in [1.807, 2.05) is 4.90 Å². The van der Waals surface area contributed by atoms with Gasteiger partial charge in [0, 0.05) is 33.4 Å². The zero-order valence-corrected chi connectivity index (χ0v) is 12.1. The van der Waals surface area contributed by atoms with Crippen molar-refractivity contribution in [3.63, 3.8) is 0 Å². The van der Waals surface area contributed by atoms with E-state index in [2.05, 4.69) is 24.1 Å². The number of carbonyl (C=O) groups is 1. The Bertz CT molecular complexity index is 407. The summed E-state index contributed by atoms with van der Waals surface area (Å²) in [6.07, 6.45) is 1.67. The van der Waals surface area contributed by atoms with Gasteiger partial charge in [-0.05, 0) is 18.1 Å². The van der Waals surface area contributed by atoms with Crippen molar-refractivity contribution in [3.05, 3.63) is 23.9 Å². The number of hydrogen-bond donors (Lipinski definition) is 1. The molecule has 19 heavy (non-hydrogen) atoms. The number of anilines is 1. The van der Waals surface area contributed by atoms with Crippen molar-refractivity contribution in [2.75, 3.05) is 39.2 Å². The maximum Gasteiger partial charge on any atom is 0.257 e. The molecule has 1 aromatic heterocycles. The molecule has 0 aliphatic carbocycles. The molecule has 5 nitrogen and oxygen atoms in total. The van der Waals surface area contributed by atoms with Crippen LogP contribution in [-0.2, 0) is 4.74 Å². The molecule has 1 amide bonds. The third-order valence-electron chi connectivity index (χ3n) is 2.71. The topological polar surface area (TPSA) is 54.5 Å². The van der Waals surface area contributed by atoms with Crippen LogP contribution in [0.15, 0.2) is 18.3 Å². The van der Waals surface area contributed by atoms with Gasteiger partial charge in [-0.25, -0.2) is 4.98 Å². The summed E-state index contributed by atoms with van der Waals surface area (Å²) in [7, 11) is 3.40. The second kappa shape index (κ2) is 7.74. The monoisotopic (exact) mass is 265 g/mol. The number of ether oxygens (including phenoxy) is 1. The number of aromatic nitrogens is 1. The van der Waals surface area contributed by atoms with Crippen LogP contribution in [0.5, 0.6) is 0 Å². The van der Waals surface area contributed by atoms with Gasteiger partial charge in [0.1, 0.15) is 5.82 Å². The van der Waals surface area contributed by atoms with Crippen molar-refractivity contribution in [2.24, 2.45) is 5.92 Å². The van der Waals surface area contributed by atoms with E-state index in [0.29, 0.717) is 37.0 Å². The summed E-state index contributed by atoms with van der Waals surface area (Å²) in [6, 6.07) is 3.57. The summed E-state index contributed by atoms with van der Waals surface area (Å²) in [5.41, 5.74) is 0.599. The van der Waals surface area contributed by atoms with Gasteiger partial charge in [-0.2, -0.15) is 0 Å². The Balaban J connectivity index is 2.90. The standard InChI is InChI=1S/C14H23N3O2/c1-11(2)10-17(8-9-19-4)14(18)12-6-5-7-16-13(12)15-3/h5-7,11H,8-10H2,1-4H3,(H,15,16). The molecule has 0 aromatic carbocycles. The predicted molar refractivity (Wildman–Crippen MR) is 76.4 cm³/mol. The fourth-order valence-electron chi connectivity index (χ4n) is 1.87. The molecule has 0 aliphatic rings. The van der Waals surface area contributed by atoms with E-state index in [1.165, 1.54) is 0 Å². The van der Waals surface area contributed by atoms with Gasteiger partial charge in [-0.1, -0.05) is 13.8 Å². The van der Waals surface area contributed by atoms with Crippen molar-refractivity contribution in [1.29, 1.82) is 0 Å². The third-order valence-corrected chi connectivity index (χ3v) is 2.71. The highest BCUT2D eigenvalue weighted by molar-refractivity contribution is 5.98. The van der Waals surface area contributed by atoms with Crippen LogP contribution < -0.4 is 5.32 Å². The zero-order valence-electron chi connectivity index (χ0n) is 12.1. The van der Waals surface area contributed by atoms with Crippen molar-refractivity contribution >= 4 is 11.7 Å². The summed E-state index contributed by atoms with van der Waals surface area (Å²) in [4.78, 5) is 18.5. The Hall–Kier alpha value is -1.62. The van der Waals surface area contributed by atoms with Crippen LogP contribution in [0.1, 0.15) is 24.2 Å². The molecule has 0 unspecified atom stereocenters. The lowest BCUT2D eigenvalue weighted by Crippen LogP contribution is -2.37. The number of nitrogens with one attached hydrogen (secondary N) is 1. The van der Waals surface area contributed by atoms with Gasteiger partial charge in [-0.3, -0.25) is 4.79 Å². The number of methoxy groups -OCH3 is 1. The SMILES string of the molecule is CNc1ncccc1C(=O)N(CCOC)CC(C)C. The van der Waals surface area contributed by atoms with Crippen molar-refractivity contribution in [1.82, 2.24) is 9.88 Å². The van der Waals surface area contributed by atoms with Gasteiger partial charge in [0.05, 0.1) is 12.2 Å². The smallest absolute Gasteiger partial charge is 0.257 e. The molecule has 0 saturated heterocycles. The first-order chi connectivity index (χ1) is 9.10. The molecule has 0 saturated carbocycles. The molecule has 0 spiro atoms. The predicted octanol–water partition coefficient (Wildman–Crippen LogP) is 1.87. The highest BCUT2D eigenvalue weighted by Crippen LogP contribution is 2.14. The van der Waals surface area contributed by atoms with Crippen LogP contribution in [0.3, 0.4) is 0 Å². The molecule has 1 rings (SSSR count). The molecular formula is C14H23N3O2. The number of rotatable bonds is 7. The van der Waals surface area contributed by atoms with E-state index in [4.69, 9.17) is 4.74 Å². The number of hydrogen-bond acceptors (Lipinski definition) is 4. The normalized spacial score (nSPS) is 10.6. The fourth-order valence-corrected chi connectivity index (χ4v) is 1.87. The molecule has 0 bridgehead atoms. The number of nitrogens with zero attached hydrogens (tertiary/aromatic N) is 2. The Morgan fingerprint density at radius 1 is 1.53 bits per heavy atom. The fraction of sp³-hybridized carbons (Fsp3) is 0.571. The van der Waals surface area contributed by atoms with Gasteiger partial charge in [0.25, 0.3) is 5.91 Å². The van der Waals surface area contributed by atoms with Crippen molar-refractivity contribution in [2.45, 2.75) is 13.8 Å². The van der Waals surface area contributed by atoms with Crippen molar-refractivity contribution < 1.29 is 9.53 Å².